The van der Waals surface area contributed by atoms with Crippen molar-refractivity contribution in [2.45, 2.75) is 37.9 Å². The number of fused-ring (bicyclic) bond motifs is 3. The molecule has 0 fully saturated rings. The van der Waals surface area contributed by atoms with Crippen molar-refractivity contribution in [3.05, 3.63) is 75.8 Å². The fraction of sp³-hybridized carbons (Fsp3) is 0.333. The minimum Gasteiger partial charge on any atom is -0.376 e. The van der Waals surface area contributed by atoms with Gasteiger partial charge in [0.2, 0.25) is 0 Å². The summed E-state index contributed by atoms with van der Waals surface area (Å²) in [6.45, 7) is 2.10. The Morgan fingerprint density at radius 2 is 1.85 bits per heavy atom. The maximum Gasteiger partial charge on any atom is 0.416 e. The zero-order valence-electron chi connectivity index (χ0n) is 14.3. The lowest BCUT2D eigenvalue weighted by Gasteiger charge is -2.39. The zero-order valence-corrected chi connectivity index (χ0v) is 15.0. The van der Waals surface area contributed by atoms with Crippen molar-refractivity contribution in [3.8, 4) is 0 Å². The number of nitrogens with one attached hydrogen (secondary N) is 1. The van der Waals surface area contributed by atoms with Crippen LogP contribution in [0.15, 0.2) is 48.6 Å². The molecule has 0 amide bonds. The van der Waals surface area contributed by atoms with Gasteiger partial charge in [0, 0.05) is 5.92 Å². The van der Waals surface area contributed by atoms with Crippen LogP contribution in [-0.2, 0) is 12.6 Å². The Bertz CT molecular complexity index is 855. The van der Waals surface area contributed by atoms with E-state index in [1.54, 1.807) is 0 Å². The quantitative estimate of drug-likeness (QED) is 0.571. The molecule has 0 unspecified atom stereocenters. The predicted octanol–water partition coefficient (Wildman–Crippen LogP) is 6.75. The van der Waals surface area contributed by atoms with E-state index >= 15 is 0 Å². The predicted molar refractivity (Wildman–Crippen MR) is 98.6 cm³/mol. The molecule has 136 valence electrons. The number of hydrogen-bond donors (Lipinski definition) is 1. The van der Waals surface area contributed by atoms with Gasteiger partial charge in [0.15, 0.2) is 0 Å². The fourth-order valence-electron chi connectivity index (χ4n) is 4.21. The van der Waals surface area contributed by atoms with Crippen LogP contribution in [0.5, 0.6) is 0 Å². The van der Waals surface area contributed by atoms with Gasteiger partial charge in [0.05, 0.1) is 22.3 Å². The first-order chi connectivity index (χ1) is 12.4. The van der Waals surface area contributed by atoms with E-state index in [4.69, 9.17) is 11.6 Å². The molecule has 3 atom stereocenters. The Balaban J connectivity index is 1.83. The summed E-state index contributed by atoms with van der Waals surface area (Å²) >= 11 is 6.30. The van der Waals surface area contributed by atoms with Crippen molar-refractivity contribution in [1.29, 1.82) is 0 Å². The molecule has 0 spiro atoms. The highest BCUT2D eigenvalue weighted by atomic mass is 35.5. The molecule has 5 heteroatoms. The molecule has 0 saturated carbocycles. The van der Waals surface area contributed by atoms with Gasteiger partial charge in [-0.05, 0) is 47.6 Å². The molecule has 1 aliphatic heterocycles. The Labute approximate surface area is 155 Å². The summed E-state index contributed by atoms with van der Waals surface area (Å²) in [5.41, 5.74) is 2.43. The molecule has 2 aromatic carbocycles. The Kier molecular flexibility index (Phi) is 4.26. The van der Waals surface area contributed by atoms with Crippen LogP contribution in [0, 0.1) is 5.92 Å². The summed E-state index contributed by atoms with van der Waals surface area (Å²) in [6, 6.07) is 10.7. The topological polar surface area (TPSA) is 12.0 Å². The maximum atomic E-state index is 13.6. The van der Waals surface area contributed by atoms with E-state index in [1.807, 2.05) is 12.2 Å². The summed E-state index contributed by atoms with van der Waals surface area (Å²) in [6.07, 6.45) is 1.20. The normalized spacial score (nSPS) is 24.1. The molecule has 1 aliphatic carbocycles. The van der Waals surface area contributed by atoms with Crippen LogP contribution in [0.3, 0.4) is 0 Å². The van der Waals surface area contributed by atoms with Gasteiger partial charge in [-0.2, -0.15) is 13.2 Å². The zero-order chi connectivity index (χ0) is 18.5. The highest BCUT2D eigenvalue weighted by Crippen LogP contribution is 2.54. The van der Waals surface area contributed by atoms with Crippen LogP contribution < -0.4 is 5.32 Å². The number of halogens is 4. The van der Waals surface area contributed by atoms with Crippen LogP contribution in [0.2, 0.25) is 5.02 Å². The second kappa shape index (κ2) is 6.34. The van der Waals surface area contributed by atoms with Crippen molar-refractivity contribution < 1.29 is 13.2 Å². The molecular formula is C21H19ClF3N. The number of benzene rings is 2. The molecule has 2 aliphatic rings. The molecular weight excluding hydrogens is 359 g/mol. The number of hydrogen-bond acceptors (Lipinski definition) is 1. The molecule has 2 aromatic rings. The number of allylic oxidation sites excluding steroid dienone is 2. The molecule has 26 heavy (non-hydrogen) atoms. The smallest absolute Gasteiger partial charge is 0.376 e. The van der Waals surface area contributed by atoms with E-state index in [-0.39, 0.29) is 23.4 Å². The monoisotopic (exact) mass is 377 g/mol. The molecule has 1 heterocycles. The summed E-state index contributed by atoms with van der Waals surface area (Å²) < 4.78 is 40.7. The van der Waals surface area contributed by atoms with Crippen molar-refractivity contribution in [1.82, 2.24) is 0 Å². The number of alkyl halides is 3. The third-order valence-electron chi connectivity index (χ3n) is 5.52. The average Bonchev–Trinajstić information content (AvgIpc) is 3.10. The number of aryl methyl sites for hydroxylation is 1. The van der Waals surface area contributed by atoms with E-state index in [2.05, 4.69) is 36.5 Å². The summed E-state index contributed by atoms with van der Waals surface area (Å²) in [5.74, 6) is -0.230. The van der Waals surface area contributed by atoms with Gasteiger partial charge in [-0.25, -0.2) is 0 Å². The van der Waals surface area contributed by atoms with E-state index in [9.17, 15) is 13.2 Å². The first kappa shape index (κ1) is 17.5. The SMILES string of the molecule is CCc1ccc([C@@H]2Nc3c(Cl)ccc(C(F)(F)F)c3[C@@H]3C=CC[C@H]32)cc1. The van der Waals surface area contributed by atoms with E-state index in [1.165, 1.54) is 11.6 Å². The molecule has 0 aromatic heterocycles. The molecule has 1 N–H and O–H groups in total. The van der Waals surface area contributed by atoms with E-state index in [0.29, 0.717) is 10.7 Å². The Hall–Kier alpha value is -1.94. The fourth-order valence-corrected chi connectivity index (χ4v) is 4.43. The Morgan fingerprint density at radius 1 is 1.12 bits per heavy atom. The maximum absolute atomic E-state index is 13.6. The van der Waals surface area contributed by atoms with Crippen LogP contribution in [0.1, 0.15) is 47.6 Å². The van der Waals surface area contributed by atoms with Gasteiger partial charge in [0.1, 0.15) is 0 Å². The minimum absolute atomic E-state index is 0.0505. The van der Waals surface area contributed by atoms with Crippen LogP contribution in [0.25, 0.3) is 0 Å². The molecule has 0 saturated heterocycles. The Morgan fingerprint density at radius 3 is 2.50 bits per heavy atom. The second-order valence-electron chi connectivity index (χ2n) is 6.95. The highest BCUT2D eigenvalue weighted by molar-refractivity contribution is 6.33. The van der Waals surface area contributed by atoms with Gasteiger partial charge in [0.25, 0.3) is 0 Å². The lowest BCUT2D eigenvalue weighted by Crippen LogP contribution is -2.31. The van der Waals surface area contributed by atoms with E-state index in [0.717, 1.165) is 24.5 Å². The molecule has 1 nitrogen and oxygen atoms in total. The standard InChI is InChI=1S/C21H19ClF3N/c1-2-12-6-8-13(9-7-12)19-15-5-3-4-14(15)18-16(21(23,24)25)10-11-17(22)20(18)26-19/h3-4,6-11,14-15,19,26H,2,5H2,1H3/t14-,15-,19+/m1/s1. The third-order valence-corrected chi connectivity index (χ3v) is 5.84. The van der Waals surface area contributed by atoms with Gasteiger partial charge in [-0.3, -0.25) is 0 Å². The first-order valence-electron chi connectivity index (χ1n) is 8.81. The first-order valence-corrected chi connectivity index (χ1v) is 9.19. The summed E-state index contributed by atoms with van der Waals surface area (Å²) in [5, 5.41) is 3.67. The lowest BCUT2D eigenvalue weighted by atomic mass is 9.75. The van der Waals surface area contributed by atoms with Crippen molar-refractivity contribution in [2.24, 2.45) is 5.92 Å². The van der Waals surface area contributed by atoms with Crippen molar-refractivity contribution in [2.75, 3.05) is 5.32 Å². The van der Waals surface area contributed by atoms with Gasteiger partial charge < -0.3 is 5.32 Å². The summed E-state index contributed by atoms with van der Waals surface area (Å²) in [4.78, 5) is 0. The van der Waals surface area contributed by atoms with E-state index < -0.39 is 11.7 Å². The van der Waals surface area contributed by atoms with Gasteiger partial charge in [-0.1, -0.05) is 54.9 Å². The van der Waals surface area contributed by atoms with Crippen LogP contribution >= 0.6 is 11.6 Å². The third kappa shape index (κ3) is 2.81. The molecule has 0 radical (unpaired) electrons. The number of rotatable bonds is 2. The van der Waals surface area contributed by atoms with Gasteiger partial charge in [-0.15, -0.1) is 0 Å². The summed E-state index contributed by atoms with van der Waals surface area (Å²) in [7, 11) is 0. The molecule has 0 bridgehead atoms. The van der Waals surface area contributed by atoms with Crippen LogP contribution in [0.4, 0.5) is 18.9 Å². The molecule has 4 rings (SSSR count). The minimum atomic E-state index is -4.40. The van der Waals surface area contributed by atoms with Crippen molar-refractivity contribution in [3.63, 3.8) is 0 Å². The second-order valence-corrected chi connectivity index (χ2v) is 7.36. The lowest BCUT2D eigenvalue weighted by molar-refractivity contribution is -0.138. The number of anilines is 1. The largest absolute Gasteiger partial charge is 0.416 e. The van der Waals surface area contributed by atoms with Crippen LogP contribution in [-0.4, -0.2) is 0 Å². The van der Waals surface area contributed by atoms with Gasteiger partial charge >= 0.3 is 6.18 Å². The average molecular weight is 378 g/mol. The highest BCUT2D eigenvalue weighted by Gasteiger charge is 2.44. The van der Waals surface area contributed by atoms with Crippen molar-refractivity contribution >= 4 is 17.3 Å².